The summed E-state index contributed by atoms with van der Waals surface area (Å²) in [6, 6.07) is 9.31. The van der Waals surface area contributed by atoms with Crippen molar-refractivity contribution in [2.75, 3.05) is 13.1 Å². The Morgan fingerprint density at radius 3 is 2.71 bits per heavy atom. The number of alkyl halides is 3. The Hall–Kier alpha value is -4.36. The molecule has 0 fully saturated rings. The zero-order valence-corrected chi connectivity index (χ0v) is 23.2. The minimum atomic E-state index is -4.79. The molecule has 5 aromatic rings. The van der Waals surface area contributed by atoms with Gasteiger partial charge in [-0.1, -0.05) is 40.5 Å². The van der Waals surface area contributed by atoms with Gasteiger partial charge in [0.1, 0.15) is 0 Å². The van der Waals surface area contributed by atoms with Crippen LogP contribution < -0.4 is 5.32 Å². The number of H-pyrrole nitrogens is 1. The molecule has 0 spiro atoms. The SMILES string of the molecule is Cn1ccc(-c2cc(Cl)c(Cl)c3[nH]c4c(c23)CN(C(=O)CNC(=O)c2cccc(-c3noc(C(F)(F)F)n3)c2)CC4)n1. The molecule has 42 heavy (non-hydrogen) atoms. The van der Waals surface area contributed by atoms with Crippen molar-refractivity contribution < 1.29 is 27.3 Å². The second-order valence-corrected chi connectivity index (χ2v) is 10.5. The number of hydrogen-bond donors (Lipinski definition) is 2. The average Bonchev–Trinajstić information content (AvgIpc) is 3.72. The zero-order chi connectivity index (χ0) is 29.8. The number of rotatable bonds is 5. The number of aromatic nitrogens is 5. The van der Waals surface area contributed by atoms with Gasteiger partial charge < -0.3 is 19.7 Å². The highest BCUT2D eigenvalue weighted by Crippen LogP contribution is 2.42. The van der Waals surface area contributed by atoms with E-state index in [-0.39, 0.29) is 35.9 Å². The Labute approximate surface area is 245 Å². The number of nitrogens with one attached hydrogen (secondary N) is 2. The summed E-state index contributed by atoms with van der Waals surface area (Å²) in [5.74, 6) is -2.71. The van der Waals surface area contributed by atoms with Crippen LogP contribution >= 0.6 is 23.2 Å². The first-order chi connectivity index (χ1) is 20.0. The molecular weight excluding hydrogens is 598 g/mol. The lowest BCUT2D eigenvalue weighted by Crippen LogP contribution is -2.42. The predicted molar refractivity (Wildman–Crippen MR) is 147 cm³/mol. The van der Waals surface area contributed by atoms with E-state index >= 15 is 0 Å². The second-order valence-electron chi connectivity index (χ2n) is 9.68. The van der Waals surface area contributed by atoms with Crippen LogP contribution in [0.4, 0.5) is 13.2 Å². The number of benzene rings is 2. The second kappa shape index (κ2) is 10.5. The van der Waals surface area contributed by atoms with E-state index in [2.05, 4.69) is 30.1 Å². The average molecular weight is 618 g/mol. The third-order valence-electron chi connectivity index (χ3n) is 6.94. The molecule has 1 aliphatic rings. The molecule has 0 unspecified atom stereocenters. The van der Waals surface area contributed by atoms with Gasteiger partial charge in [0.15, 0.2) is 0 Å². The number of aryl methyl sites for hydroxylation is 1. The van der Waals surface area contributed by atoms with Crippen LogP contribution in [0.3, 0.4) is 0 Å². The molecule has 0 saturated carbocycles. The number of aromatic amines is 1. The van der Waals surface area contributed by atoms with Gasteiger partial charge in [0.2, 0.25) is 11.7 Å². The van der Waals surface area contributed by atoms with Gasteiger partial charge in [-0.15, -0.1) is 0 Å². The summed E-state index contributed by atoms with van der Waals surface area (Å²) in [5, 5.41) is 12.0. The van der Waals surface area contributed by atoms with Crippen LogP contribution in [0.2, 0.25) is 10.0 Å². The van der Waals surface area contributed by atoms with Crippen LogP contribution in [0, 0.1) is 0 Å². The minimum absolute atomic E-state index is 0.114. The summed E-state index contributed by atoms with van der Waals surface area (Å²) in [7, 11) is 1.81. The highest BCUT2D eigenvalue weighted by atomic mass is 35.5. The number of fused-ring (bicyclic) bond motifs is 3. The highest BCUT2D eigenvalue weighted by molar-refractivity contribution is 6.45. The van der Waals surface area contributed by atoms with Gasteiger partial charge in [-0.25, -0.2) is 0 Å². The first-order valence-corrected chi connectivity index (χ1v) is 13.3. The Morgan fingerprint density at radius 1 is 1.19 bits per heavy atom. The maximum atomic E-state index is 13.2. The van der Waals surface area contributed by atoms with Crippen molar-refractivity contribution in [3.8, 4) is 22.6 Å². The van der Waals surface area contributed by atoms with Gasteiger partial charge in [-0.2, -0.15) is 23.3 Å². The number of carbonyl (C=O) groups excluding carboxylic acids is 2. The van der Waals surface area contributed by atoms with Crippen molar-refractivity contribution in [1.29, 1.82) is 0 Å². The smallest absolute Gasteiger partial charge is 0.357 e. The summed E-state index contributed by atoms with van der Waals surface area (Å²) < 4.78 is 44.4. The Kier molecular flexibility index (Phi) is 6.93. The Balaban J connectivity index is 1.18. The molecule has 2 aromatic carbocycles. The molecule has 4 heterocycles. The van der Waals surface area contributed by atoms with Crippen molar-refractivity contribution in [3.63, 3.8) is 0 Å². The highest BCUT2D eigenvalue weighted by Gasteiger charge is 2.38. The molecule has 0 atom stereocenters. The first-order valence-electron chi connectivity index (χ1n) is 12.6. The van der Waals surface area contributed by atoms with Gasteiger partial charge in [0.25, 0.3) is 5.91 Å². The molecule has 0 radical (unpaired) electrons. The van der Waals surface area contributed by atoms with E-state index < -0.39 is 18.0 Å². The van der Waals surface area contributed by atoms with Crippen LogP contribution in [0.1, 0.15) is 27.5 Å². The largest absolute Gasteiger partial charge is 0.471 e. The molecule has 2 N–H and O–H groups in total. The van der Waals surface area contributed by atoms with Gasteiger partial charge in [0, 0.05) is 66.1 Å². The van der Waals surface area contributed by atoms with E-state index in [0.29, 0.717) is 34.2 Å². The minimum Gasteiger partial charge on any atom is -0.357 e. The van der Waals surface area contributed by atoms with Crippen molar-refractivity contribution in [2.45, 2.75) is 19.1 Å². The molecule has 3 aromatic heterocycles. The maximum absolute atomic E-state index is 13.2. The van der Waals surface area contributed by atoms with E-state index in [1.54, 1.807) is 15.6 Å². The Bertz CT molecular complexity index is 1860. The number of hydrogen-bond acceptors (Lipinski definition) is 6. The number of halogens is 5. The van der Waals surface area contributed by atoms with Crippen LogP contribution in [0.5, 0.6) is 0 Å². The van der Waals surface area contributed by atoms with Crippen LogP contribution in [-0.2, 0) is 31.0 Å². The molecule has 1 aliphatic heterocycles. The lowest BCUT2D eigenvalue weighted by Gasteiger charge is -2.27. The van der Waals surface area contributed by atoms with Gasteiger partial charge in [-0.05, 0) is 24.3 Å². The normalized spacial score (nSPS) is 13.4. The van der Waals surface area contributed by atoms with Crippen molar-refractivity contribution in [2.24, 2.45) is 7.05 Å². The van der Waals surface area contributed by atoms with E-state index in [1.165, 1.54) is 24.3 Å². The molecule has 10 nitrogen and oxygen atoms in total. The van der Waals surface area contributed by atoms with Crippen molar-refractivity contribution >= 4 is 45.9 Å². The van der Waals surface area contributed by atoms with Crippen molar-refractivity contribution in [1.82, 2.24) is 35.1 Å². The maximum Gasteiger partial charge on any atom is 0.471 e. The Morgan fingerprint density at radius 2 is 2.00 bits per heavy atom. The van der Waals surface area contributed by atoms with Crippen LogP contribution in [0.25, 0.3) is 33.5 Å². The molecule has 0 saturated heterocycles. The fourth-order valence-electron chi connectivity index (χ4n) is 4.94. The van der Waals surface area contributed by atoms with Crippen molar-refractivity contribution in [3.05, 3.63) is 75.4 Å². The molecular formula is C27H20Cl2F3N7O3. The zero-order valence-electron chi connectivity index (χ0n) is 21.7. The molecule has 15 heteroatoms. The lowest BCUT2D eigenvalue weighted by molar-refractivity contribution is -0.159. The summed E-state index contributed by atoms with van der Waals surface area (Å²) in [6.07, 6.45) is -2.44. The topological polar surface area (TPSA) is 122 Å². The van der Waals surface area contributed by atoms with E-state index in [1.807, 2.05) is 19.3 Å². The third-order valence-corrected chi connectivity index (χ3v) is 7.72. The lowest BCUT2D eigenvalue weighted by atomic mass is 9.99. The molecule has 216 valence electrons. The quantitative estimate of drug-likeness (QED) is 0.277. The molecule has 0 aliphatic carbocycles. The monoisotopic (exact) mass is 617 g/mol. The first kappa shape index (κ1) is 27.8. The van der Waals surface area contributed by atoms with E-state index in [4.69, 9.17) is 23.2 Å². The predicted octanol–water partition coefficient (Wildman–Crippen LogP) is 5.26. The summed E-state index contributed by atoms with van der Waals surface area (Å²) in [4.78, 5) is 34.3. The van der Waals surface area contributed by atoms with Crippen LogP contribution in [0.15, 0.2) is 47.1 Å². The number of carbonyl (C=O) groups is 2. The third kappa shape index (κ3) is 5.09. The van der Waals surface area contributed by atoms with Gasteiger partial charge >= 0.3 is 12.1 Å². The fraction of sp³-hybridized carbons (Fsp3) is 0.222. The number of amides is 2. The van der Waals surface area contributed by atoms with E-state index in [0.717, 1.165) is 22.2 Å². The molecule has 2 amide bonds. The molecule has 0 bridgehead atoms. The summed E-state index contributed by atoms with van der Waals surface area (Å²) in [5.41, 5.74) is 4.25. The summed E-state index contributed by atoms with van der Waals surface area (Å²) in [6.45, 7) is 0.394. The van der Waals surface area contributed by atoms with E-state index in [9.17, 15) is 22.8 Å². The summed E-state index contributed by atoms with van der Waals surface area (Å²) >= 11 is 13.0. The fourth-order valence-corrected chi connectivity index (χ4v) is 5.34. The van der Waals surface area contributed by atoms with Gasteiger partial charge in [-0.3, -0.25) is 14.3 Å². The number of nitrogens with zero attached hydrogens (tertiary/aromatic N) is 5. The van der Waals surface area contributed by atoms with Gasteiger partial charge in [0.05, 0.1) is 27.8 Å². The standard InChI is InChI=1S/C27H20Cl2F3N7O3/c1-38-7-5-19(36-38)15-10-17(28)22(29)23-21(15)16-12-39(8-6-18(16)34-23)20(40)11-33-25(41)14-4-2-3-13(9-14)24-35-26(42-37-24)27(30,31)32/h2-5,7,9-10,34H,6,8,11-12H2,1H3,(H,33,41). The van der Waals surface area contributed by atoms with Crippen LogP contribution in [-0.4, -0.2) is 54.7 Å². The molecule has 6 rings (SSSR count).